The normalized spacial score (nSPS) is 36.4. The Kier molecular flexibility index (Phi) is 10.4. The van der Waals surface area contributed by atoms with Crippen molar-refractivity contribution in [2.24, 2.45) is 17.8 Å². The van der Waals surface area contributed by atoms with E-state index >= 15 is 0 Å². The lowest BCUT2D eigenvalue weighted by molar-refractivity contribution is -0.146. The monoisotopic (exact) mass is 778 g/mol. The third kappa shape index (κ3) is 7.02. The molecule has 4 aliphatic heterocycles. The fraction of sp³-hybridized carbons (Fsp3) is 0.628. The molecule has 1 N–H and O–H groups in total. The summed E-state index contributed by atoms with van der Waals surface area (Å²) in [4.78, 5) is 21.5. The van der Waals surface area contributed by atoms with Crippen molar-refractivity contribution in [2.75, 3.05) is 77.6 Å². The second-order valence-electron chi connectivity index (χ2n) is 17.6. The second-order valence-corrected chi connectivity index (χ2v) is 20.5. The number of carbonyl (C=O) groups excluding carboxylic acids is 1. The summed E-state index contributed by atoms with van der Waals surface area (Å²) in [5.41, 5.74) is 3.45. The molecule has 8 rings (SSSR count). The number of anilines is 1. The highest BCUT2D eigenvalue weighted by molar-refractivity contribution is 7.99. The van der Waals surface area contributed by atoms with Gasteiger partial charge in [-0.3, -0.25) is 19.3 Å². The van der Waals surface area contributed by atoms with Crippen LogP contribution >= 0.6 is 11.6 Å². The highest BCUT2D eigenvalue weighted by Crippen LogP contribution is 2.49. The number of amides is 1. The highest BCUT2D eigenvalue weighted by atomic mass is 35.5. The van der Waals surface area contributed by atoms with Crippen molar-refractivity contribution in [1.29, 1.82) is 0 Å². The number of aryl methyl sites for hydroxylation is 1. The molecule has 2 aliphatic carbocycles. The van der Waals surface area contributed by atoms with Gasteiger partial charge in [-0.25, -0.2) is 4.21 Å². The third-order valence-electron chi connectivity index (χ3n) is 14.2. The number of piperazine rings is 1. The van der Waals surface area contributed by atoms with Gasteiger partial charge in [-0.2, -0.15) is 0 Å². The maximum absolute atomic E-state index is 14.1. The van der Waals surface area contributed by atoms with Crippen LogP contribution in [0, 0.1) is 17.8 Å². The first-order valence-corrected chi connectivity index (χ1v) is 22.3. The topological polar surface area (TPSA) is 83.6 Å². The summed E-state index contributed by atoms with van der Waals surface area (Å²) in [6, 6.07) is 12.0. The van der Waals surface area contributed by atoms with E-state index in [2.05, 4.69) is 63.4 Å². The van der Waals surface area contributed by atoms with Crippen LogP contribution < -0.4 is 14.4 Å². The molecule has 1 amide bonds. The van der Waals surface area contributed by atoms with Gasteiger partial charge in [-0.05, 0) is 117 Å². The predicted molar refractivity (Wildman–Crippen MR) is 219 cm³/mol. The largest absolute Gasteiger partial charge is 0.490 e. The molecule has 2 aromatic carbocycles. The minimum atomic E-state index is -2.96. The van der Waals surface area contributed by atoms with Gasteiger partial charge in [-0.1, -0.05) is 36.7 Å². The molecule has 294 valence electrons. The molecule has 1 spiro atoms. The van der Waals surface area contributed by atoms with Gasteiger partial charge < -0.3 is 19.1 Å². The van der Waals surface area contributed by atoms with Crippen LogP contribution in [0.2, 0.25) is 5.02 Å². The minimum absolute atomic E-state index is 0.0283. The highest BCUT2D eigenvalue weighted by Gasteiger charge is 2.50. The maximum atomic E-state index is 14.1. The smallest absolute Gasteiger partial charge is 0.262 e. The second kappa shape index (κ2) is 14.7. The van der Waals surface area contributed by atoms with Gasteiger partial charge in [0.2, 0.25) is 0 Å². The van der Waals surface area contributed by atoms with Crippen LogP contribution in [0.15, 0.2) is 48.6 Å². The summed E-state index contributed by atoms with van der Waals surface area (Å²) < 4.78 is 36.1. The molecule has 3 fully saturated rings. The van der Waals surface area contributed by atoms with Crippen molar-refractivity contribution in [3.63, 3.8) is 0 Å². The van der Waals surface area contributed by atoms with Crippen LogP contribution in [-0.4, -0.2) is 115 Å². The van der Waals surface area contributed by atoms with Crippen molar-refractivity contribution in [1.82, 2.24) is 14.5 Å². The number of benzene rings is 2. The number of fused-ring (bicyclic) bond motifs is 4. The Morgan fingerprint density at radius 2 is 1.87 bits per heavy atom. The molecule has 2 saturated heterocycles. The Hall–Kier alpha value is -2.60. The van der Waals surface area contributed by atoms with E-state index in [1.54, 1.807) is 6.07 Å². The molecule has 0 aromatic heterocycles. The molecule has 2 bridgehead atoms. The molecule has 4 heterocycles. The van der Waals surface area contributed by atoms with Crippen molar-refractivity contribution in [2.45, 2.75) is 81.1 Å². The molecule has 11 heteroatoms. The number of nitrogens with zero attached hydrogens (tertiary/aromatic N) is 3. The van der Waals surface area contributed by atoms with Gasteiger partial charge in [0, 0.05) is 74.2 Å². The van der Waals surface area contributed by atoms with Gasteiger partial charge >= 0.3 is 0 Å². The van der Waals surface area contributed by atoms with Gasteiger partial charge in [0.15, 0.2) is 0 Å². The Morgan fingerprint density at radius 1 is 1.07 bits per heavy atom. The summed E-state index contributed by atoms with van der Waals surface area (Å²) in [6.45, 7) is 15.0. The van der Waals surface area contributed by atoms with E-state index in [4.69, 9.17) is 25.8 Å². The molecule has 7 atom stereocenters. The summed E-state index contributed by atoms with van der Waals surface area (Å²) in [6.07, 6.45) is 10.6. The van der Waals surface area contributed by atoms with Crippen molar-refractivity contribution in [3.05, 3.63) is 70.3 Å². The molecule has 9 nitrogen and oxygen atoms in total. The number of nitrogens with one attached hydrogen (secondary N) is 1. The molecule has 1 unspecified atom stereocenters. The van der Waals surface area contributed by atoms with Crippen molar-refractivity contribution in [3.8, 4) is 5.75 Å². The summed E-state index contributed by atoms with van der Waals surface area (Å²) in [7, 11) is -1.06. The average molecular weight is 779 g/mol. The first kappa shape index (κ1) is 38.3. The van der Waals surface area contributed by atoms with Gasteiger partial charge in [0.25, 0.3) is 5.91 Å². The molecule has 54 heavy (non-hydrogen) atoms. The molecule has 6 aliphatic rings. The summed E-state index contributed by atoms with van der Waals surface area (Å²) in [5.74, 6) is 5.20. The quantitative estimate of drug-likeness (QED) is 0.300. The maximum Gasteiger partial charge on any atom is 0.262 e. The van der Waals surface area contributed by atoms with Crippen LogP contribution in [0.3, 0.4) is 0 Å². The van der Waals surface area contributed by atoms with Crippen molar-refractivity contribution >= 4 is 38.8 Å². The number of carbonyl (C=O) groups is 1. The zero-order valence-electron chi connectivity index (χ0n) is 32.6. The van der Waals surface area contributed by atoms with E-state index < -0.39 is 15.3 Å². The average Bonchev–Trinajstić information content (AvgIpc) is 3.28. The van der Waals surface area contributed by atoms with Gasteiger partial charge in [-0.15, -0.1) is 0 Å². The first-order chi connectivity index (χ1) is 25.8. The van der Waals surface area contributed by atoms with E-state index in [0.29, 0.717) is 30.4 Å². The van der Waals surface area contributed by atoms with E-state index in [1.165, 1.54) is 11.1 Å². The van der Waals surface area contributed by atoms with Crippen LogP contribution in [0.5, 0.6) is 5.75 Å². The molecule has 2 aromatic rings. The molecule has 1 saturated carbocycles. The fourth-order valence-electron chi connectivity index (χ4n) is 10.3. The lowest BCUT2D eigenvalue weighted by Gasteiger charge is -2.54. The Morgan fingerprint density at radius 3 is 2.57 bits per heavy atom. The van der Waals surface area contributed by atoms with Crippen molar-refractivity contribution < 1.29 is 23.2 Å². The number of allylic oxidation sites excluding steroid dienone is 1. The van der Waals surface area contributed by atoms with E-state index in [9.17, 15) is 9.00 Å². The minimum Gasteiger partial charge on any atom is -0.490 e. The van der Waals surface area contributed by atoms with Gasteiger partial charge in [0.1, 0.15) is 11.4 Å². The molecule has 0 radical (unpaired) electrons. The standard InChI is InChI=1S/C43H59ClN4O5S/c1-30-8-6-17-43(51-4,26-46-18-20-48(21-19-46)41(3)27-52-28-41)37-13-10-34(37)24-47-25-42(16-7-9-32-22-35(44)12-14-36(32)42)29-53-39-15-11-33(23-38(39)47)40(49)45-54(5,50)31(30)2/h6,11-12,14-15,17,22-23,30-31,34,37H,5,7-10,13,16,18-21,24-29H2,1-4H3,(H,45,49,50)/b17-6+/t30-,31+,34-,37+,42-,43-,54?/m0/s1. The van der Waals surface area contributed by atoms with Gasteiger partial charge in [0.05, 0.1) is 40.8 Å². The summed E-state index contributed by atoms with van der Waals surface area (Å²) >= 11 is 6.53. The number of methoxy groups -OCH3 is 1. The number of halogens is 1. The number of ether oxygens (including phenoxy) is 3. The number of hydrogen-bond acceptors (Lipinski definition) is 8. The summed E-state index contributed by atoms with van der Waals surface area (Å²) in [5, 5.41) is 0.432. The van der Waals surface area contributed by atoms with Crippen LogP contribution in [0.25, 0.3) is 0 Å². The number of rotatable bonds is 4. The van der Waals surface area contributed by atoms with Crippen LogP contribution in [0.4, 0.5) is 5.69 Å². The van der Waals surface area contributed by atoms with E-state index in [1.807, 2.05) is 32.2 Å². The Labute approximate surface area is 327 Å². The third-order valence-corrected chi connectivity index (χ3v) is 16.6. The fourth-order valence-corrected chi connectivity index (χ4v) is 12.0. The van der Waals surface area contributed by atoms with Crippen LogP contribution in [0.1, 0.15) is 74.4 Å². The lowest BCUT2D eigenvalue weighted by Crippen LogP contribution is -2.66. The zero-order chi connectivity index (χ0) is 37.9. The van der Waals surface area contributed by atoms with Crippen LogP contribution in [-0.2, 0) is 31.0 Å². The lowest BCUT2D eigenvalue weighted by atomic mass is 9.63. The van der Waals surface area contributed by atoms with E-state index in [-0.39, 0.29) is 28.0 Å². The zero-order valence-corrected chi connectivity index (χ0v) is 34.2. The molecular formula is C43H59ClN4O5S. The Balaban J connectivity index is 1.16. The predicted octanol–water partition coefficient (Wildman–Crippen LogP) is 5.98. The Bertz CT molecular complexity index is 1880. The van der Waals surface area contributed by atoms with E-state index in [0.717, 1.165) is 108 Å². The SMILES string of the molecule is C=S1(=O)NC(=O)c2ccc3c(c2)N(C[C@@H]2CC[C@H]2[C@](CN2CCN(C4(C)COC4)CC2)(OC)/C=C/C[C@H](C)[C@H]1C)C[C@@]1(CCCc2cc(Cl)ccc21)CO3. The first-order valence-electron chi connectivity index (χ1n) is 20.1. The molecular weight excluding hydrogens is 720 g/mol. The number of hydrogen-bond donors (Lipinski definition) is 1.